The van der Waals surface area contributed by atoms with Gasteiger partial charge in [0.1, 0.15) is 6.29 Å². The molecule has 0 spiro atoms. The van der Waals surface area contributed by atoms with E-state index in [-0.39, 0.29) is 0 Å². The average molecular weight is 320 g/mol. The Morgan fingerprint density at radius 3 is 2.62 bits per heavy atom. The van der Waals surface area contributed by atoms with Gasteiger partial charge in [-0.3, -0.25) is 9.79 Å². The monoisotopic (exact) mass is 320 g/mol. The molecule has 0 radical (unpaired) electrons. The standard InChI is InChI=1S/C21H24N2O/c1-3-23(15-7-11-18-9-5-4-6-10-18)21-14-13-19(12-8-16-24)17-20(21)22-2/h4-6,8-10,12-14,16-17H,2-3,7,11,15H2,1H3/b12-8+. The van der Waals surface area contributed by atoms with Crippen molar-refractivity contribution in [2.24, 2.45) is 4.99 Å². The van der Waals surface area contributed by atoms with Crippen molar-refractivity contribution in [2.75, 3.05) is 18.0 Å². The van der Waals surface area contributed by atoms with Crippen molar-refractivity contribution in [3.05, 3.63) is 65.7 Å². The summed E-state index contributed by atoms with van der Waals surface area (Å²) in [5.41, 5.74) is 4.26. The summed E-state index contributed by atoms with van der Waals surface area (Å²) in [6.07, 6.45) is 6.18. The summed E-state index contributed by atoms with van der Waals surface area (Å²) in [6.45, 7) is 7.72. The third-order valence-electron chi connectivity index (χ3n) is 4.00. The average Bonchev–Trinajstić information content (AvgIpc) is 2.64. The van der Waals surface area contributed by atoms with E-state index in [0.29, 0.717) is 0 Å². The van der Waals surface area contributed by atoms with Crippen LogP contribution in [0.3, 0.4) is 0 Å². The van der Waals surface area contributed by atoms with Gasteiger partial charge in [-0.1, -0.05) is 42.5 Å². The fraction of sp³-hybridized carbons (Fsp3) is 0.238. The first-order chi connectivity index (χ1) is 11.8. The second kappa shape index (κ2) is 9.46. The second-order valence-corrected chi connectivity index (χ2v) is 5.57. The minimum Gasteiger partial charge on any atom is -0.370 e. The predicted molar refractivity (Wildman–Crippen MR) is 103 cm³/mol. The van der Waals surface area contributed by atoms with Gasteiger partial charge < -0.3 is 4.90 Å². The molecule has 24 heavy (non-hydrogen) atoms. The van der Waals surface area contributed by atoms with E-state index < -0.39 is 0 Å². The van der Waals surface area contributed by atoms with Crippen LogP contribution in [0.4, 0.5) is 11.4 Å². The summed E-state index contributed by atoms with van der Waals surface area (Å²) >= 11 is 0. The molecule has 0 bridgehead atoms. The third kappa shape index (κ3) is 4.92. The van der Waals surface area contributed by atoms with Gasteiger partial charge >= 0.3 is 0 Å². The van der Waals surface area contributed by atoms with Crippen LogP contribution in [0.25, 0.3) is 6.08 Å². The van der Waals surface area contributed by atoms with Gasteiger partial charge in [0.05, 0.1) is 11.4 Å². The molecule has 0 aliphatic heterocycles. The van der Waals surface area contributed by atoms with Crippen molar-refractivity contribution >= 4 is 30.5 Å². The molecular weight excluding hydrogens is 296 g/mol. The van der Waals surface area contributed by atoms with Crippen molar-refractivity contribution in [3.63, 3.8) is 0 Å². The molecule has 2 rings (SSSR count). The Kier molecular flexibility index (Phi) is 6.96. The molecule has 0 heterocycles. The van der Waals surface area contributed by atoms with E-state index in [2.05, 4.69) is 53.9 Å². The number of carbonyl (C=O) groups is 1. The number of aryl methyl sites for hydroxylation is 1. The molecule has 0 aliphatic rings. The summed E-state index contributed by atoms with van der Waals surface area (Å²) in [5.74, 6) is 0. The quantitative estimate of drug-likeness (QED) is 0.381. The van der Waals surface area contributed by atoms with Gasteiger partial charge in [-0.15, -0.1) is 0 Å². The van der Waals surface area contributed by atoms with E-state index in [0.717, 1.165) is 49.2 Å². The van der Waals surface area contributed by atoms with E-state index in [1.165, 1.54) is 11.6 Å². The lowest BCUT2D eigenvalue weighted by atomic mass is 10.1. The molecule has 0 saturated carbocycles. The number of nitrogens with zero attached hydrogens (tertiary/aromatic N) is 2. The highest BCUT2D eigenvalue weighted by atomic mass is 16.1. The first-order valence-electron chi connectivity index (χ1n) is 8.30. The fourth-order valence-electron chi connectivity index (χ4n) is 2.76. The van der Waals surface area contributed by atoms with E-state index in [1.54, 1.807) is 6.08 Å². The molecule has 3 heteroatoms. The van der Waals surface area contributed by atoms with Crippen molar-refractivity contribution < 1.29 is 4.79 Å². The van der Waals surface area contributed by atoms with Crippen LogP contribution in [-0.4, -0.2) is 26.1 Å². The number of hydrogen-bond donors (Lipinski definition) is 0. The van der Waals surface area contributed by atoms with Crippen molar-refractivity contribution in [2.45, 2.75) is 19.8 Å². The first kappa shape index (κ1) is 17.7. The van der Waals surface area contributed by atoms with E-state index in [9.17, 15) is 4.79 Å². The highest BCUT2D eigenvalue weighted by Gasteiger charge is 2.09. The van der Waals surface area contributed by atoms with Crippen LogP contribution in [-0.2, 0) is 11.2 Å². The maximum Gasteiger partial charge on any atom is 0.142 e. The van der Waals surface area contributed by atoms with Crippen LogP contribution in [0.1, 0.15) is 24.5 Å². The molecule has 2 aromatic rings. The predicted octanol–water partition coefficient (Wildman–Crippen LogP) is 4.69. The van der Waals surface area contributed by atoms with E-state index >= 15 is 0 Å². The fourth-order valence-corrected chi connectivity index (χ4v) is 2.76. The summed E-state index contributed by atoms with van der Waals surface area (Å²) in [7, 11) is 0. The van der Waals surface area contributed by atoms with Crippen LogP contribution in [0.2, 0.25) is 0 Å². The zero-order chi connectivity index (χ0) is 17.2. The van der Waals surface area contributed by atoms with Gasteiger partial charge in [0.2, 0.25) is 0 Å². The molecular formula is C21H24N2O. The maximum absolute atomic E-state index is 10.5. The molecule has 0 fully saturated rings. The van der Waals surface area contributed by atoms with Gasteiger partial charge in [-0.05, 0) is 55.8 Å². The molecule has 0 aliphatic carbocycles. The lowest BCUT2D eigenvalue weighted by molar-refractivity contribution is -0.104. The molecule has 0 aromatic heterocycles. The van der Waals surface area contributed by atoms with Crippen LogP contribution >= 0.6 is 0 Å². The summed E-state index contributed by atoms with van der Waals surface area (Å²) < 4.78 is 0. The highest BCUT2D eigenvalue weighted by molar-refractivity contribution is 5.77. The minimum atomic E-state index is 0.775. The number of aldehydes is 1. The van der Waals surface area contributed by atoms with Crippen molar-refractivity contribution in [1.82, 2.24) is 0 Å². The molecule has 2 aromatic carbocycles. The minimum absolute atomic E-state index is 0.775. The Balaban J connectivity index is 2.07. The number of carbonyl (C=O) groups excluding carboxylic acids is 1. The maximum atomic E-state index is 10.5. The molecule has 0 amide bonds. The molecule has 124 valence electrons. The number of aliphatic imine (C=N–C) groups is 1. The van der Waals surface area contributed by atoms with Gasteiger partial charge in [0, 0.05) is 13.1 Å². The Labute approximate surface area is 144 Å². The summed E-state index contributed by atoms with van der Waals surface area (Å²) in [6, 6.07) is 16.6. The molecule has 0 saturated heterocycles. The number of allylic oxidation sites excluding steroid dienone is 1. The normalized spacial score (nSPS) is 10.7. The zero-order valence-corrected chi connectivity index (χ0v) is 14.2. The van der Waals surface area contributed by atoms with Crippen LogP contribution in [0.5, 0.6) is 0 Å². The Morgan fingerprint density at radius 1 is 1.17 bits per heavy atom. The largest absolute Gasteiger partial charge is 0.370 e. The molecule has 0 atom stereocenters. The van der Waals surface area contributed by atoms with Crippen LogP contribution in [0, 0.1) is 0 Å². The molecule has 3 nitrogen and oxygen atoms in total. The van der Waals surface area contributed by atoms with Gasteiger partial charge in [-0.25, -0.2) is 0 Å². The van der Waals surface area contributed by atoms with E-state index in [4.69, 9.17) is 0 Å². The summed E-state index contributed by atoms with van der Waals surface area (Å²) in [5, 5.41) is 0. The van der Waals surface area contributed by atoms with Crippen molar-refractivity contribution in [3.8, 4) is 0 Å². The van der Waals surface area contributed by atoms with Crippen molar-refractivity contribution in [1.29, 1.82) is 0 Å². The second-order valence-electron chi connectivity index (χ2n) is 5.57. The number of anilines is 1. The Morgan fingerprint density at radius 2 is 1.96 bits per heavy atom. The lowest BCUT2D eigenvalue weighted by Crippen LogP contribution is -2.24. The highest BCUT2D eigenvalue weighted by Crippen LogP contribution is 2.30. The summed E-state index contributed by atoms with van der Waals surface area (Å²) in [4.78, 5) is 16.9. The Bertz CT molecular complexity index is 692. The number of rotatable bonds is 9. The van der Waals surface area contributed by atoms with Crippen LogP contribution < -0.4 is 4.90 Å². The zero-order valence-electron chi connectivity index (χ0n) is 14.2. The third-order valence-corrected chi connectivity index (χ3v) is 4.00. The molecule has 0 N–H and O–H groups in total. The SMILES string of the molecule is C=Nc1cc(/C=C/C=O)ccc1N(CC)CCCc1ccccc1. The van der Waals surface area contributed by atoms with Gasteiger partial charge in [0.25, 0.3) is 0 Å². The first-order valence-corrected chi connectivity index (χ1v) is 8.30. The number of benzene rings is 2. The van der Waals surface area contributed by atoms with E-state index in [1.807, 2.05) is 18.2 Å². The smallest absolute Gasteiger partial charge is 0.142 e. The Hall–Kier alpha value is -2.68. The van der Waals surface area contributed by atoms with Crippen LogP contribution in [0.15, 0.2) is 59.6 Å². The topological polar surface area (TPSA) is 32.7 Å². The van der Waals surface area contributed by atoms with Gasteiger partial charge in [-0.2, -0.15) is 0 Å². The van der Waals surface area contributed by atoms with Gasteiger partial charge in [0.15, 0.2) is 0 Å². The number of hydrogen-bond acceptors (Lipinski definition) is 3. The lowest BCUT2D eigenvalue weighted by Gasteiger charge is -2.25. The molecule has 0 unspecified atom stereocenters.